The Labute approximate surface area is 117 Å². The third-order valence-corrected chi connectivity index (χ3v) is 2.94. The lowest BCUT2D eigenvalue weighted by Gasteiger charge is -2.13. The van der Waals surface area contributed by atoms with Crippen molar-refractivity contribution in [2.24, 2.45) is 0 Å². The van der Waals surface area contributed by atoms with Crippen molar-refractivity contribution in [3.8, 4) is 11.1 Å². The highest BCUT2D eigenvalue weighted by Crippen LogP contribution is 2.34. The fraction of sp³-hybridized carbons (Fsp3) is 0.133. The number of rotatable bonds is 3. The summed E-state index contributed by atoms with van der Waals surface area (Å²) >= 11 is 0. The Balaban J connectivity index is 2.60. The number of hydrogen-bond acceptors (Lipinski definition) is 1. The summed E-state index contributed by atoms with van der Waals surface area (Å²) in [5, 5.41) is 8.83. The van der Waals surface area contributed by atoms with Gasteiger partial charge in [0, 0.05) is 5.56 Å². The van der Waals surface area contributed by atoms with Gasteiger partial charge in [0.05, 0.1) is 12.0 Å². The number of carbonyl (C=O) groups is 1. The molecule has 2 aromatic carbocycles. The van der Waals surface area contributed by atoms with Gasteiger partial charge in [-0.25, -0.2) is 4.39 Å². The third-order valence-electron chi connectivity index (χ3n) is 2.94. The summed E-state index contributed by atoms with van der Waals surface area (Å²) < 4.78 is 51.8. The normalized spacial score (nSPS) is 11.4. The minimum atomic E-state index is -4.58. The van der Waals surface area contributed by atoms with Gasteiger partial charge < -0.3 is 5.11 Å². The molecule has 0 saturated heterocycles. The van der Waals surface area contributed by atoms with Crippen molar-refractivity contribution in [1.29, 1.82) is 0 Å². The highest BCUT2D eigenvalue weighted by atomic mass is 19.4. The van der Waals surface area contributed by atoms with E-state index < -0.39 is 29.9 Å². The summed E-state index contributed by atoms with van der Waals surface area (Å²) in [6.45, 7) is 0. The molecule has 0 spiro atoms. The van der Waals surface area contributed by atoms with Gasteiger partial charge in [0.25, 0.3) is 0 Å². The van der Waals surface area contributed by atoms with Crippen molar-refractivity contribution in [2.75, 3.05) is 0 Å². The van der Waals surface area contributed by atoms with Gasteiger partial charge in [0.2, 0.25) is 0 Å². The molecule has 0 aliphatic rings. The van der Waals surface area contributed by atoms with Crippen molar-refractivity contribution < 1.29 is 27.5 Å². The Morgan fingerprint density at radius 1 is 1.05 bits per heavy atom. The van der Waals surface area contributed by atoms with Crippen LogP contribution in [0.25, 0.3) is 11.1 Å². The van der Waals surface area contributed by atoms with Gasteiger partial charge in [-0.05, 0) is 29.3 Å². The molecule has 0 aromatic heterocycles. The molecule has 0 heterocycles. The minimum absolute atomic E-state index is 0.0717. The topological polar surface area (TPSA) is 37.3 Å². The van der Waals surface area contributed by atoms with E-state index in [0.717, 1.165) is 24.3 Å². The molecule has 0 aliphatic heterocycles. The molecule has 1 N–H and O–H groups in total. The lowest BCUT2D eigenvalue weighted by Crippen LogP contribution is -2.08. The van der Waals surface area contributed by atoms with Crippen molar-refractivity contribution in [2.45, 2.75) is 12.6 Å². The molecule has 2 nitrogen and oxygen atoms in total. The number of halogens is 4. The Morgan fingerprint density at radius 3 is 2.29 bits per heavy atom. The molecule has 0 atom stereocenters. The molecule has 6 heteroatoms. The van der Waals surface area contributed by atoms with Crippen LogP contribution in [0, 0.1) is 5.82 Å². The standard InChI is InChI=1S/C15H10F4O2/c16-13-4-2-1-3-12(13)11-6-5-10(15(17,18)19)7-9(11)8-14(20)21/h1-7H,8H2,(H,20,21). The van der Waals surface area contributed by atoms with Crippen molar-refractivity contribution in [3.05, 3.63) is 59.4 Å². The van der Waals surface area contributed by atoms with Crippen LogP contribution in [-0.2, 0) is 17.4 Å². The van der Waals surface area contributed by atoms with Crippen molar-refractivity contribution >= 4 is 5.97 Å². The molecule has 0 saturated carbocycles. The van der Waals surface area contributed by atoms with E-state index in [0.29, 0.717) is 0 Å². The Bertz CT molecular complexity index is 678. The molecule has 0 bridgehead atoms. The SMILES string of the molecule is O=C(O)Cc1cc(C(F)(F)F)ccc1-c1ccccc1F. The maximum atomic E-state index is 13.8. The first kappa shape index (κ1) is 15.0. The number of alkyl halides is 3. The first-order valence-electron chi connectivity index (χ1n) is 5.96. The summed E-state index contributed by atoms with van der Waals surface area (Å²) in [5.74, 6) is -1.91. The molecular formula is C15H10F4O2. The van der Waals surface area contributed by atoms with Crippen molar-refractivity contribution in [3.63, 3.8) is 0 Å². The predicted molar refractivity (Wildman–Crippen MR) is 68.2 cm³/mol. The summed E-state index contributed by atoms with van der Waals surface area (Å²) in [7, 11) is 0. The lowest BCUT2D eigenvalue weighted by atomic mass is 9.95. The zero-order valence-electron chi connectivity index (χ0n) is 10.6. The second kappa shape index (κ2) is 5.55. The molecule has 2 aromatic rings. The highest BCUT2D eigenvalue weighted by molar-refractivity contribution is 5.77. The summed E-state index contributed by atoms with van der Waals surface area (Å²) in [5.41, 5.74) is -0.827. The lowest BCUT2D eigenvalue weighted by molar-refractivity contribution is -0.138. The first-order valence-corrected chi connectivity index (χ1v) is 5.96. The zero-order valence-corrected chi connectivity index (χ0v) is 10.6. The maximum Gasteiger partial charge on any atom is 0.416 e. The van der Waals surface area contributed by atoms with E-state index in [-0.39, 0.29) is 16.7 Å². The summed E-state index contributed by atoms with van der Waals surface area (Å²) in [4.78, 5) is 10.8. The summed E-state index contributed by atoms with van der Waals surface area (Å²) in [6, 6.07) is 8.18. The molecule has 0 aliphatic carbocycles. The Hall–Kier alpha value is -2.37. The number of carboxylic acid groups (broad SMARTS) is 1. The number of aliphatic carboxylic acids is 1. The highest BCUT2D eigenvalue weighted by Gasteiger charge is 2.31. The second-order valence-electron chi connectivity index (χ2n) is 4.42. The molecule has 2 rings (SSSR count). The summed E-state index contributed by atoms with van der Waals surface area (Å²) in [6.07, 6.45) is -5.20. The monoisotopic (exact) mass is 298 g/mol. The predicted octanol–water partition coefficient (Wildman–Crippen LogP) is 4.14. The van der Waals surface area contributed by atoms with Crippen LogP contribution in [0.1, 0.15) is 11.1 Å². The van der Waals surface area contributed by atoms with Crippen LogP contribution < -0.4 is 0 Å². The van der Waals surface area contributed by atoms with Gasteiger partial charge in [-0.3, -0.25) is 4.79 Å². The van der Waals surface area contributed by atoms with Crippen LogP contribution >= 0.6 is 0 Å². The van der Waals surface area contributed by atoms with Gasteiger partial charge in [-0.1, -0.05) is 24.3 Å². The van der Waals surface area contributed by atoms with Crippen LogP contribution in [0.4, 0.5) is 17.6 Å². The molecule has 21 heavy (non-hydrogen) atoms. The maximum absolute atomic E-state index is 13.8. The molecule has 0 amide bonds. The molecule has 0 unspecified atom stereocenters. The van der Waals surface area contributed by atoms with E-state index in [1.165, 1.54) is 18.2 Å². The van der Waals surface area contributed by atoms with E-state index in [9.17, 15) is 22.4 Å². The largest absolute Gasteiger partial charge is 0.481 e. The zero-order chi connectivity index (χ0) is 15.6. The van der Waals surface area contributed by atoms with Gasteiger partial charge in [0.15, 0.2) is 0 Å². The number of carboxylic acids is 1. The van der Waals surface area contributed by atoms with Gasteiger partial charge in [-0.15, -0.1) is 0 Å². The van der Waals surface area contributed by atoms with Crippen molar-refractivity contribution in [1.82, 2.24) is 0 Å². The van der Waals surface area contributed by atoms with Crippen LogP contribution in [-0.4, -0.2) is 11.1 Å². The van der Waals surface area contributed by atoms with Crippen LogP contribution in [0.3, 0.4) is 0 Å². The minimum Gasteiger partial charge on any atom is -0.481 e. The van der Waals surface area contributed by atoms with Crippen LogP contribution in [0.15, 0.2) is 42.5 Å². The number of hydrogen-bond donors (Lipinski definition) is 1. The average molecular weight is 298 g/mol. The molecule has 0 fully saturated rings. The molecule has 0 radical (unpaired) electrons. The van der Waals surface area contributed by atoms with E-state index in [2.05, 4.69) is 0 Å². The smallest absolute Gasteiger partial charge is 0.416 e. The quantitative estimate of drug-likeness (QED) is 0.865. The number of benzene rings is 2. The van der Waals surface area contributed by atoms with E-state index in [4.69, 9.17) is 5.11 Å². The Morgan fingerprint density at radius 2 is 1.71 bits per heavy atom. The Kier molecular flexibility index (Phi) is 3.97. The van der Waals surface area contributed by atoms with Crippen LogP contribution in [0.2, 0.25) is 0 Å². The van der Waals surface area contributed by atoms with E-state index >= 15 is 0 Å². The fourth-order valence-corrected chi connectivity index (χ4v) is 2.02. The fourth-order valence-electron chi connectivity index (χ4n) is 2.02. The van der Waals surface area contributed by atoms with Gasteiger partial charge in [-0.2, -0.15) is 13.2 Å². The average Bonchev–Trinajstić information content (AvgIpc) is 2.38. The van der Waals surface area contributed by atoms with Gasteiger partial charge >= 0.3 is 12.1 Å². The van der Waals surface area contributed by atoms with Gasteiger partial charge in [0.1, 0.15) is 5.82 Å². The van der Waals surface area contributed by atoms with Crippen LogP contribution in [0.5, 0.6) is 0 Å². The third kappa shape index (κ3) is 3.39. The molecule has 110 valence electrons. The van der Waals surface area contributed by atoms with E-state index in [1.54, 1.807) is 0 Å². The second-order valence-corrected chi connectivity index (χ2v) is 4.42. The molecular weight excluding hydrogens is 288 g/mol. The first-order chi connectivity index (χ1) is 9.79. The van der Waals surface area contributed by atoms with E-state index in [1.807, 2.05) is 0 Å².